The van der Waals surface area contributed by atoms with E-state index < -0.39 is 5.41 Å². The second-order valence-electron chi connectivity index (χ2n) is 18.8. The first-order valence-electron chi connectivity index (χ1n) is 19.9. The van der Waals surface area contributed by atoms with Crippen LogP contribution in [0.3, 0.4) is 0 Å². The number of ether oxygens (including phenoxy) is 1. The molecule has 8 rings (SSSR count). The van der Waals surface area contributed by atoms with Gasteiger partial charge in [-0.1, -0.05) is 64.1 Å². The molecule has 1 heterocycles. The summed E-state index contributed by atoms with van der Waals surface area (Å²) >= 11 is 0. The zero-order valence-corrected chi connectivity index (χ0v) is 32.4. The summed E-state index contributed by atoms with van der Waals surface area (Å²) in [5.74, 6) is 3.65. The number of fused-ring (bicyclic) bond motifs is 7. The van der Waals surface area contributed by atoms with Crippen LogP contribution < -0.4 is 10.1 Å². The average molecular weight is 703 g/mol. The Labute approximate surface area is 310 Å². The fraction of sp³-hybridized carbons (Fsp3) is 0.600. The number of allylic oxidation sites excluding steroid dienone is 1. The lowest BCUT2D eigenvalue weighted by Crippen LogP contribution is -2.67. The third-order valence-corrected chi connectivity index (χ3v) is 16.5. The van der Waals surface area contributed by atoms with E-state index >= 15 is 0 Å². The first-order valence-corrected chi connectivity index (χ1v) is 19.9. The van der Waals surface area contributed by atoms with E-state index in [0.29, 0.717) is 35.4 Å². The Hall–Kier alpha value is -3.74. The molecule has 9 atom stereocenters. The van der Waals surface area contributed by atoms with Crippen molar-refractivity contribution in [1.29, 1.82) is 0 Å². The largest absolute Gasteiger partial charge is 0.497 e. The molecule has 1 N–H and O–H groups in total. The minimum Gasteiger partial charge on any atom is -0.497 e. The van der Waals surface area contributed by atoms with E-state index in [1.54, 1.807) is 11.8 Å². The molecule has 5 saturated carbocycles. The van der Waals surface area contributed by atoms with Crippen LogP contribution in [0.2, 0.25) is 0 Å². The molecule has 0 radical (unpaired) electrons. The Balaban J connectivity index is 1.04. The van der Waals surface area contributed by atoms with E-state index in [-0.39, 0.29) is 27.6 Å². The highest BCUT2D eigenvalue weighted by molar-refractivity contribution is 5.96. The van der Waals surface area contributed by atoms with Crippen molar-refractivity contribution in [2.75, 3.05) is 12.4 Å². The zero-order chi connectivity index (χ0) is 36.8. The predicted octanol–water partition coefficient (Wildman–Crippen LogP) is 10.1. The van der Waals surface area contributed by atoms with Crippen LogP contribution in [0.4, 0.5) is 5.69 Å². The topological polar surface area (TPSA) is 86.1 Å². The van der Waals surface area contributed by atoms with E-state index in [4.69, 9.17) is 4.74 Å². The lowest BCUT2D eigenvalue weighted by Gasteiger charge is -2.72. The molecular formula is C45H58N4O3. The normalized spacial score (nSPS) is 37.6. The van der Waals surface area contributed by atoms with Crippen LogP contribution in [-0.2, 0) is 9.59 Å². The maximum atomic E-state index is 14.8. The standard InChI is InChI=1S/C45H58N4O3/c1-28(2)33-19-24-45(40(51)46-30-11-9-29(10-12-30)35-27-49(48-47-35)31-13-15-32(52-8)16-14-31)26-25-43(6)34(39(33)45)17-18-37-42(5)22-21-38(50)41(3,4)36(42)20-23-44(37,43)7/h9-16,27,33-34,36-37,39H,1,17-26H2,2-8H3,(H,46,51)/t33-,34+,36-,37+,39+,42-,43+,44+,45-/m0/s1. The molecular weight excluding hydrogens is 645 g/mol. The first kappa shape index (κ1) is 35.3. The molecule has 0 bridgehead atoms. The summed E-state index contributed by atoms with van der Waals surface area (Å²) in [5.41, 5.74) is 4.58. The number of carbonyl (C=O) groups is 2. The second kappa shape index (κ2) is 12.1. The van der Waals surface area contributed by atoms with Crippen LogP contribution in [-0.4, -0.2) is 33.8 Å². The van der Waals surface area contributed by atoms with Crippen LogP contribution in [0.25, 0.3) is 16.9 Å². The molecule has 0 aliphatic heterocycles. The number of amides is 1. The molecule has 0 unspecified atom stereocenters. The van der Waals surface area contributed by atoms with Gasteiger partial charge in [0, 0.05) is 23.1 Å². The SMILES string of the molecule is C=C(C)[C@@H]1CC[C@]2(C(=O)Nc3ccc(-c4cn(-c5ccc(OC)cc5)nn4)cc3)CC[C@]3(C)[C@H](CC[C@@H]4[C@@]5(C)CCC(=O)C(C)(C)[C@@H]5CC[C@]43C)[C@@H]12. The van der Waals surface area contributed by atoms with Gasteiger partial charge in [0.25, 0.3) is 0 Å². The minimum atomic E-state index is -0.392. The van der Waals surface area contributed by atoms with Crippen molar-refractivity contribution >= 4 is 17.4 Å². The summed E-state index contributed by atoms with van der Waals surface area (Å²) in [6.45, 7) is 19.0. The van der Waals surface area contributed by atoms with Crippen molar-refractivity contribution in [3.8, 4) is 22.7 Å². The Morgan fingerprint density at radius 1 is 0.865 bits per heavy atom. The average Bonchev–Trinajstić information content (AvgIpc) is 3.78. The van der Waals surface area contributed by atoms with E-state index in [0.717, 1.165) is 73.3 Å². The number of nitrogens with zero attached hydrogens (tertiary/aromatic N) is 3. The van der Waals surface area contributed by atoms with Crippen molar-refractivity contribution in [3.63, 3.8) is 0 Å². The Kier molecular flexibility index (Phi) is 8.24. The highest BCUT2D eigenvalue weighted by Gasteiger charge is 2.71. The van der Waals surface area contributed by atoms with Gasteiger partial charge in [-0.05, 0) is 147 Å². The van der Waals surface area contributed by atoms with E-state index in [9.17, 15) is 9.59 Å². The third kappa shape index (κ3) is 4.96. The number of methoxy groups -OCH3 is 1. The zero-order valence-electron chi connectivity index (χ0n) is 32.4. The summed E-state index contributed by atoms with van der Waals surface area (Å²) in [6.07, 6.45) is 12.4. The van der Waals surface area contributed by atoms with E-state index in [1.165, 1.54) is 24.8 Å². The van der Waals surface area contributed by atoms with Gasteiger partial charge in [0.1, 0.15) is 17.2 Å². The number of hydrogen-bond acceptors (Lipinski definition) is 5. The van der Waals surface area contributed by atoms with Crippen LogP contribution in [0, 0.1) is 56.7 Å². The van der Waals surface area contributed by atoms with Gasteiger partial charge in [0.05, 0.1) is 24.4 Å². The van der Waals surface area contributed by atoms with Gasteiger partial charge in [0.15, 0.2) is 0 Å². The predicted molar refractivity (Wildman–Crippen MR) is 206 cm³/mol. The van der Waals surface area contributed by atoms with E-state index in [1.807, 2.05) is 54.7 Å². The van der Waals surface area contributed by atoms with Crippen molar-refractivity contribution in [1.82, 2.24) is 15.0 Å². The lowest BCUT2D eigenvalue weighted by atomic mass is 9.32. The van der Waals surface area contributed by atoms with Gasteiger partial charge in [-0.15, -0.1) is 5.10 Å². The first-order chi connectivity index (χ1) is 24.7. The van der Waals surface area contributed by atoms with Gasteiger partial charge in [-0.25, -0.2) is 4.68 Å². The number of ketones is 1. The molecule has 7 heteroatoms. The smallest absolute Gasteiger partial charge is 0.230 e. The minimum absolute atomic E-state index is 0.146. The maximum absolute atomic E-state index is 14.8. The number of nitrogens with one attached hydrogen (secondary N) is 1. The molecule has 5 aliphatic carbocycles. The quantitative estimate of drug-likeness (QED) is 0.259. The molecule has 2 aromatic carbocycles. The summed E-state index contributed by atoms with van der Waals surface area (Å²) in [4.78, 5) is 28.0. The Bertz CT molecular complexity index is 1900. The summed E-state index contributed by atoms with van der Waals surface area (Å²) in [6, 6.07) is 15.8. The molecule has 3 aromatic rings. The van der Waals surface area contributed by atoms with Gasteiger partial charge in [-0.2, -0.15) is 0 Å². The number of rotatable bonds is 6. The molecule has 1 aromatic heterocycles. The maximum Gasteiger partial charge on any atom is 0.230 e. The van der Waals surface area contributed by atoms with E-state index in [2.05, 4.69) is 63.8 Å². The Morgan fingerprint density at radius 2 is 1.60 bits per heavy atom. The lowest BCUT2D eigenvalue weighted by molar-refractivity contribution is -0.232. The molecule has 5 fully saturated rings. The number of Topliss-reactive ketones (excluding diaryl/α,β-unsaturated/α-hetero) is 1. The number of carbonyl (C=O) groups excluding carboxylic acids is 2. The number of anilines is 1. The highest BCUT2D eigenvalue weighted by atomic mass is 16.5. The summed E-state index contributed by atoms with van der Waals surface area (Å²) in [5, 5.41) is 12.2. The Morgan fingerprint density at radius 3 is 2.29 bits per heavy atom. The molecule has 0 saturated heterocycles. The fourth-order valence-electron chi connectivity index (χ4n) is 13.6. The molecule has 276 valence electrons. The second-order valence-corrected chi connectivity index (χ2v) is 18.8. The monoisotopic (exact) mass is 702 g/mol. The highest BCUT2D eigenvalue weighted by Crippen LogP contribution is 2.77. The number of aromatic nitrogens is 3. The van der Waals surface area contributed by atoms with Crippen LogP contribution in [0.15, 0.2) is 66.9 Å². The van der Waals surface area contributed by atoms with Gasteiger partial charge < -0.3 is 10.1 Å². The molecule has 0 spiro atoms. The van der Waals surface area contributed by atoms with Crippen LogP contribution in [0.1, 0.15) is 106 Å². The van der Waals surface area contributed by atoms with Crippen molar-refractivity contribution in [2.24, 2.45) is 56.7 Å². The van der Waals surface area contributed by atoms with Crippen LogP contribution in [0.5, 0.6) is 5.75 Å². The van der Waals surface area contributed by atoms with Crippen molar-refractivity contribution in [3.05, 3.63) is 66.9 Å². The van der Waals surface area contributed by atoms with Crippen LogP contribution >= 0.6 is 0 Å². The molecule has 7 nitrogen and oxygen atoms in total. The van der Waals surface area contributed by atoms with Gasteiger partial charge >= 0.3 is 0 Å². The van der Waals surface area contributed by atoms with Gasteiger partial charge in [0.2, 0.25) is 5.91 Å². The van der Waals surface area contributed by atoms with Crippen molar-refractivity contribution in [2.45, 2.75) is 106 Å². The van der Waals surface area contributed by atoms with Crippen molar-refractivity contribution < 1.29 is 14.3 Å². The van der Waals surface area contributed by atoms with Gasteiger partial charge in [-0.3, -0.25) is 9.59 Å². The third-order valence-electron chi connectivity index (χ3n) is 16.5. The number of benzene rings is 2. The fourth-order valence-corrected chi connectivity index (χ4v) is 13.6. The summed E-state index contributed by atoms with van der Waals surface area (Å²) < 4.78 is 7.05. The summed E-state index contributed by atoms with van der Waals surface area (Å²) in [7, 11) is 1.66. The molecule has 1 amide bonds. The molecule has 52 heavy (non-hydrogen) atoms. The molecule has 5 aliphatic rings. The number of hydrogen-bond donors (Lipinski definition) is 1.